The van der Waals surface area contributed by atoms with Crippen LogP contribution in [0.2, 0.25) is 0 Å². The largest absolute Gasteiger partial charge is 0.396 e. The van der Waals surface area contributed by atoms with Gasteiger partial charge in [-0.1, -0.05) is 13.8 Å². The van der Waals surface area contributed by atoms with E-state index in [-0.39, 0.29) is 18.5 Å². The molecule has 1 aromatic rings. The quantitative estimate of drug-likeness (QED) is 0.507. The standard InChI is InChI=1S/C11H20N4OS/c1-3-4-13-9-5-10(15-11(12)14-9)17-7-8(2)6-16/h5,8,16H,3-4,6-7H2,1-2H3,(H3,12,13,14,15). The van der Waals surface area contributed by atoms with Crippen LogP contribution in [0.3, 0.4) is 0 Å². The number of nitrogens with zero attached hydrogens (tertiary/aromatic N) is 2. The van der Waals surface area contributed by atoms with Crippen molar-refractivity contribution in [2.24, 2.45) is 5.92 Å². The molecule has 1 unspecified atom stereocenters. The van der Waals surface area contributed by atoms with Gasteiger partial charge < -0.3 is 16.2 Å². The highest BCUT2D eigenvalue weighted by molar-refractivity contribution is 7.99. The minimum atomic E-state index is 0.189. The minimum absolute atomic E-state index is 0.189. The van der Waals surface area contributed by atoms with Crippen LogP contribution in [0.1, 0.15) is 20.3 Å². The van der Waals surface area contributed by atoms with Gasteiger partial charge in [-0.2, -0.15) is 4.98 Å². The van der Waals surface area contributed by atoms with Crippen LogP contribution in [-0.4, -0.2) is 34.0 Å². The van der Waals surface area contributed by atoms with Gasteiger partial charge in [0.15, 0.2) is 0 Å². The second-order valence-electron chi connectivity index (χ2n) is 3.98. The Morgan fingerprint density at radius 3 is 2.94 bits per heavy atom. The third-order valence-corrected chi connectivity index (χ3v) is 3.34. The molecule has 96 valence electrons. The number of nitrogens with one attached hydrogen (secondary N) is 1. The Morgan fingerprint density at radius 1 is 1.53 bits per heavy atom. The fourth-order valence-electron chi connectivity index (χ4n) is 1.14. The Labute approximate surface area is 106 Å². The molecule has 0 aliphatic carbocycles. The molecule has 1 aromatic heterocycles. The van der Waals surface area contributed by atoms with Gasteiger partial charge in [0, 0.05) is 25.0 Å². The third kappa shape index (κ3) is 5.23. The first-order valence-corrected chi connectivity index (χ1v) is 6.76. The van der Waals surface area contributed by atoms with Crippen molar-refractivity contribution in [2.45, 2.75) is 25.3 Å². The fourth-order valence-corrected chi connectivity index (χ4v) is 2.05. The van der Waals surface area contributed by atoms with Gasteiger partial charge in [-0.25, -0.2) is 4.98 Å². The highest BCUT2D eigenvalue weighted by Gasteiger charge is 2.05. The molecule has 0 bridgehead atoms. The molecule has 0 fully saturated rings. The molecule has 1 atom stereocenters. The number of aromatic nitrogens is 2. The van der Waals surface area contributed by atoms with Crippen LogP contribution in [0.5, 0.6) is 0 Å². The molecule has 0 aromatic carbocycles. The molecule has 0 amide bonds. The lowest BCUT2D eigenvalue weighted by molar-refractivity contribution is 0.250. The number of rotatable bonds is 7. The molecule has 0 saturated heterocycles. The molecule has 6 heteroatoms. The van der Waals surface area contributed by atoms with E-state index in [1.54, 1.807) is 11.8 Å². The molecule has 1 rings (SSSR count). The van der Waals surface area contributed by atoms with Crippen LogP contribution in [-0.2, 0) is 0 Å². The van der Waals surface area contributed by atoms with E-state index in [9.17, 15) is 0 Å². The maximum atomic E-state index is 8.95. The molecule has 4 N–H and O–H groups in total. The Balaban J connectivity index is 2.61. The van der Waals surface area contributed by atoms with Crippen molar-refractivity contribution >= 4 is 23.5 Å². The summed E-state index contributed by atoms with van der Waals surface area (Å²) in [4.78, 5) is 8.27. The molecule has 1 heterocycles. The van der Waals surface area contributed by atoms with E-state index >= 15 is 0 Å². The normalized spacial score (nSPS) is 12.4. The smallest absolute Gasteiger partial charge is 0.223 e. The summed E-state index contributed by atoms with van der Waals surface area (Å²) in [6, 6.07) is 1.89. The van der Waals surface area contributed by atoms with Crippen molar-refractivity contribution < 1.29 is 5.11 Å². The van der Waals surface area contributed by atoms with Gasteiger partial charge in [-0.15, -0.1) is 11.8 Å². The van der Waals surface area contributed by atoms with E-state index < -0.39 is 0 Å². The summed E-state index contributed by atoms with van der Waals surface area (Å²) in [5.41, 5.74) is 5.65. The first kappa shape index (κ1) is 14.1. The third-order valence-electron chi connectivity index (χ3n) is 2.10. The molecule has 0 aliphatic heterocycles. The van der Waals surface area contributed by atoms with Gasteiger partial charge in [0.1, 0.15) is 10.8 Å². The van der Waals surface area contributed by atoms with Crippen molar-refractivity contribution in [2.75, 3.05) is 30.0 Å². The van der Waals surface area contributed by atoms with Crippen LogP contribution >= 0.6 is 11.8 Å². The number of aliphatic hydroxyl groups excluding tert-OH is 1. The minimum Gasteiger partial charge on any atom is -0.396 e. The average molecular weight is 256 g/mol. The lowest BCUT2D eigenvalue weighted by atomic mass is 10.2. The summed E-state index contributed by atoms with van der Waals surface area (Å²) in [6.45, 7) is 5.14. The van der Waals surface area contributed by atoms with Gasteiger partial charge in [-0.3, -0.25) is 0 Å². The van der Waals surface area contributed by atoms with Crippen LogP contribution in [0, 0.1) is 5.92 Å². The maximum Gasteiger partial charge on any atom is 0.223 e. The van der Waals surface area contributed by atoms with Crippen LogP contribution in [0.25, 0.3) is 0 Å². The molecular weight excluding hydrogens is 236 g/mol. The fraction of sp³-hybridized carbons (Fsp3) is 0.636. The molecule has 5 nitrogen and oxygen atoms in total. The maximum absolute atomic E-state index is 8.95. The van der Waals surface area contributed by atoms with Crippen LogP contribution in [0.4, 0.5) is 11.8 Å². The zero-order valence-corrected chi connectivity index (χ0v) is 11.1. The number of anilines is 2. The van der Waals surface area contributed by atoms with Crippen molar-refractivity contribution in [1.82, 2.24) is 9.97 Å². The SMILES string of the molecule is CCCNc1cc(SCC(C)CO)nc(N)n1. The first-order chi connectivity index (χ1) is 8.15. The summed E-state index contributed by atoms with van der Waals surface area (Å²) >= 11 is 1.58. The van der Waals surface area contributed by atoms with E-state index in [0.717, 1.165) is 29.6 Å². The number of nitrogens with two attached hydrogens (primary N) is 1. The molecular formula is C11H20N4OS. The predicted molar refractivity (Wildman–Crippen MR) is 72.2 cm³/mol. The summed E-state index contributed by atoms with van der Waals surface area (Å²) < 4.78 is 0. The second-order valence-corrected chi connectivity index (χ2v) is 5.02. The van der Waals surface area contributed by atoms with E-state index in [4.69, 9.17) is 10.8 Å². The van der Waals surface area contributed by atoms with E-state index in [2.05, 4.69) is 22.2 Å². The summed E-state index contributed by atoms with van der Waals surface area (Å²) in [7, 11) is 0. The van der Waals surface area contributed by atoms with E-state index in [0.29, 0.717) is 0 Å². The number of thioether (sulfide) groups is 1. The Morgan fingerprint density at radius 2 is 2.29 bits per heavy atom. The highest BCUT2D eigenvalue weighted by atomic mass is 32.2. The first-order valence-electron chi connectivity index (χ1n) is 5.77. The van der Waals surface area contributed by atoms with Gasteiger partial charge in [0.05, 0.1) is 0 Å². The lowest BCUT2D eigenvalue weighted by Crippen LogP contribution is -2.07. The van der Waals surface area contributed by atoms with E-state index in [1.807, 2.05) is 13.0 Å². The van der Waals surface area contributed by atoms with Crippen molar-refractivity contribution in [1.29, 1.82) is 0 Å². The number of hydrogen-bond donors (Lipinski definition) is 3. The van der Waals surface area contributed by atoms with E-state index in [1.165, 1.54) is 0 Å². The zero-order valence-electron chi connectivity index (χ0n) is 10.3. The van der Waals surface area contributed by atoms with Gasteiger partial charge in [0.2, 0.25) is 5.95 Å². The topological polar surface area (TPSA) is 84.1 Å². The van der Waals surface area contributed by atoms with Crippen molar-refractivity contribution in [3.05, 3.63) is 6.07 Å². The average Bonchev–Trinajstić information content (AvgIpc) is 2.32. The second kappa shape index (κ2) is 7.34. The Hall–Kier alpha value is -1.01. The molecule has 0 spiro atoms. The molecule has 0 aliphatic rings. The van der Waals surface area contributed by atoms with Crippen molar-refractivity contribution in [3.8, 4) is 0 Å². The Kier molecular flexibility index (Phi) is 6.07. The van der Waals surface area contributed by atoms with Gasteiger partial charge >= 0.3 is 0 Å². The lowest BCUT2D eigenvalue weighted by Gasteiger charge is -2.09. The van der Waals surface area contributed by atoms with Gasteiger partial charge in [-0.05, 0) is 12.3 Å². The number of hydrogen-bond acceptors (Lipinski definition) is 6. The zero-order chi connectivity index (χ0) is 12.7. The monoisotopic (exact) mass is 256 g/mol. The molecule has 0 saturated carbocycles. The van der Waals surface area contributed by atoms with Crippen LogP contribution in [0.15, 0.2) is 11.1 Å². The summed E-state index contributed by atoms with van der Waals surface area (Å²) in [6.07, 6.45) is 1.04. The summed E-state index contributed by atoms with van der Waals surface area (Å²) in [5.74, 6) is 2.12. The molecule has 0 radical (unpaired) electrons. The Bertz CT molecular complexity index is 348. The predicted octanol–water partition coefficient (Wildman–Crippen LogP) is 1.60. The van der Waals surface area contributed by atoms with Crippen LogP contribution < -0.4 is 11.1 Å². The summed E-state index contributed by atoms with van der Waals surface area (Å²) in [5, 5.41) is 13.0. The molecule has 17 heavy (non-hydrogen) atoms. The number of aliphatic hydroxyl groups is 1. The highest BCUT2D eigenvalue weighted by Crippen LogP contribution is 2.21. The van der Waals surface area contributed by atoms with Gasteiger partial charge in [0.25, 0.3) is 0 Å². The number of nitrogen functional groups attached to an aromatic ring is 1. The van der Waals surface area contributed by atoms with Crippen molar-refractivity contribution in [3.63, 3.8) is 0 Å².